The van der Waals surface area contributed by atoms with Crippen LogP contribution in [0.4, 0.5) is 29.4 Å². The monoisotopic (exact) mass is 361 g/mol. The first kappa shape index (κ1) is 15.7. The zero-order chi connectivity index (χ0) is 13.3. The molecule has 0 aromatic rings. The summed E-state index contributed by atoms with van der Waals surface area (Å²) in [5, 5.41) is 0. The highest BCUT2D eigenvalue weighted by Crippen LogP contribution is 2.73. The fourth-order valence-corrected chi connectivity index (χ4v) is 7.29. The molecule has 0 fully saturated rings. The van der Waals surface area contributed by atoms with Crippen molar-refractivity contribution in [3.8, 4) is 0 Å². The standard InChI is InChI=1S/F7H3N5P5/c1-13-8-14(2)10-16(4,5)12-17(6,7)11-15(3)9-13/h13-15H. The van der Waals surface area contributed by atoms with Crippen molar-refractivity contribution in [2.75, 3.05) is 0 Å². The molecule has 0 aromatic carbocycles. The molecule has 0 amide bonds. The maximum atomic E-state index is 12.7. The Morgan fingerprint density at radius 2 is 1.24 bits per heavy atom. The van der Waals surface area contributed by atoms with E-state index in [1.165, 1.54) is 0 Å². The molecule has 1 heterocycles. The smallest absolute Gasteiger partial charge is 0.187 e. The van der Waals surface area contributed by atoms with E-state index in [9.17, 15) is 29.4 Å². The predicted molar refractivity (Wildman–Crippen MR) is 58.7 cm³/mol. The van der Waals surface area contributed by atoms with Gasteiger partial charge in [-0.2, -0.15) is 30.7 Å². The Morgan fingerprint density at radius 3 is 1.82 bits per heavy atom. The van der Waals surface area contributed by atoms with Crippen LogP contribution in [0.15, 0.2) is 22.6 Å². The van der Waals surface area contributed by atoms with Gasteiger partial charge in [-0.3, -0.25) is 0 Å². The van der Waals surface area contributed by atoms with Crippen LogP contribution in [0.5, 0.6) is 0 Å². The Morgan fingerprint density at radius 1 is 0.706 bits per heavy atom. The van der Waals surface area contributed by atoms with Crippen molar-refractivity contribution < 1.29 is 29.4 Å². The highest BCUT2D eigenvalue weighted by Gasteiger charge is 2.28. The molecule has 1 rings (SSSR count). The summed E-state index contributed by atoms with van der Waals surface area (Å²) in [5.74, 6) is 0. The Balaban J connectivity index is 3.56. The minimum atomic E-state index is -6.00. The minimum absolute atomic E-state index is 1.69. The lowest BCUT2D eigenvalue weighted by Crippen LogP contribution is -1.58. The SMILES string of the molecule is F\[PH]1=N/[PH](F)=N\[PH](F)=N\P(F)(F)=NP(F)(F)=N1. The van der Waals surface area contributed by atoms with Crippen molar-refractivity contribution in [2.45, 2.75) is 0 Å². The lowest BCUT2D eigenvalue weighted by atomic mass is 13.8. The summed E-state index contributed by atoms with van der Waals surface area (Å²) >= 11 is 0. The third kappa shape index (κ3) is 5.89. The van der Waals surface area contributed by atoms with Gasteiger partial charge in [0, 0.05) is 0 Å². The van der Waals surface area contributed by atoms with Crippen LogP contribution in [0.25, 0.3) is 0 Å². The third-order valence-electron chi connectivity index (χ3n) is 0.990. The molecule has 3 atom stereocenters. The van der Waals surface area contributed by atoms with Crippen LogP contribution in [0.2, 0.25) is 0 Å². The molecule has 0 N–H and O–H groups in total. The van der Waals surface area contributed by atoms with Gasteiger partial charge in [-0.15, -0.1) is 21.3 Å². The summed E-state index contributed by atoms with van der Waals surface area (Å²) in [6, 6.07) is 0. The molecule has 17 heteroatoms. The number of hydrogen-bond acceptors (Lipinski definition) is 5. The van der Waals surface area contributed by atoms with Gasteiger partial charge < -0.3 is 0 Å². The topological polar surface area (TPSA) is 61.8 Å². The van der Waals surface area contributed by atoms with Crippen LogP contribution in [0.1, 0.15) is 0 Å². The molecule has 0 spiro atoms. The third-order valence-corrected chi connectivity index (χ3v) is 8.91. The van der Waals surface area contributed by atoms with Crippen LogP contribution in [-0.4, -0.2) is 0 Å². The van der Waals surface area contributed by atoms with Gasteiger partial charge >= 0.3 is 15.7 Å². The van der Waals surface area contributed by atoms with Crippen LogP contribution >= 0.6 is 40.2 Å². The maximum Gasteiger partial charge on any atom is 0.423 e. The summed E-state index contributed by atoms with van der Waals surface area (Å²) < 4.78 is 99.4. The fraction of sp³-hybridized carbons (Fsp3) is 0. The van der Waals surface area contributed by atoms with Gasteiger partial charge in [0.2, 0.25) is 24.5 Å². The predicted octanol–water partition coefficient (Wildman–Crippen LogP) is 7.36. The van der Waals surface area contributed by atoms with Gasteiger partial charge in [0.25, 0.3) is 0 Å². The van der Waals surface area contributed by atoms with Crippen LogP contribution < -0.4 is 0 Å². The van der Waals surface area contributed by atoms with Gasteiger partial charge in [0.15, 0.2) is 0 Å². The minimum Gasteiger partial charge on any atom is -0.187 e. The molecule has 0 radical (unpaired) electrons. The summed E-state index contributed by atoms with van der Waals surface area (Å²) in [6.07, 6.45) is 0. The Labute approximate surface area is 92.9 Å². The van der Waals surface area contributed by atoms with Crippen molar-refractivity contribution in [3.05, 3.63) is 0 Å². The van der Waals surface area contributed by atoms with Crippen molar-refractivity contribution in [1.82, 2.24) is 0 Å². The van der Waals surface area contributed by atoms with E-state index in [4.69, 9.17) is 0 Å². The number of rotatable bonds is 0. The molecular formula is H3F7N5P5. The van der Waals surface area contributed by atoms with E-state index in [0.717, 1.165) is 0 Å². The quantitative estimate of drug-likeness (QED) is 0.320. The summed E-state index contributed by atoms with van der Waals surface area (Å²) in [5.41, 5.74) is 0. The average molecular weight is 361 g/mol. The molecule has 3 unspecified atom stereocenters. The molecule has 0 saturated carbocycles. The van der Waals surface area contributed by atoms with Gasteiger partial charge in [-0.05, 0) is 0 Å². The lowest BCUT2D eigenvalue weighted by molar-refractivity contribution is 0.703. The molecule has 0 bridgehead atoms. The first-order valence-corrected chi connectivity index (χ1v) is 10.2. The molecule has 1 aliphatic heterocycles. The van der Waals surface area contributed by atoms with Crippen molar-refractivity contribution in [3.63, 3.8) is 0 Å². The van der Waals surface area contributed by atoms with E-state index in [2.05, 4.69) is 9.03 Å². The maximum absolute atomic E-state index is 12.7. The lowest BCUT2D eigenvalue weighted by Gasteiger charge is -2.03. The van der Waals surface area contributed by atoms with E-state index in [-0.39, 0.29) is 0 Å². The Bertz CT molecular complexity index is 509. The first-order chi connectivity index (χ1) is 7.60. The zero-order valence-corrected chi connectivity index (χ0v) is 12.1. The number of halogens is 7. The first-order valence-electron chi connectivity index (χ1n) is 3.38. The van der Waals surface area contributed by atoms with Crippen LogP contribution in [-0.2, 0) is 0 Å². The summed E-state index contributed by atoms with van der Waals surface area (Å²) in [4.78, 5) is 0. The van der Waals surface area contributed by atoms with E-state index in [0.29, 0.717) is 0 Å². The Hall–Kier alpha value is 0.660. The zero-order valence-electron chi connectivity index (χ0n) is 7.28. The van der Waals surface area contributed by atoms with E-state index in [1.54, 1.807) is 4.52 Å². The van der Waals surface area contributed by atoms with E-state index >= 15 is 0 Å². The second-order valence-electron chi connectivity index (χ2n) is 2.23. The van der Waals surface area contributed by atoms with Crippen molar-refractivity contribution in [2.24, 2.45) is 22.6 Å². The van der Waals surface area contributed by atoms with Crippen LogP contribution in [0.3, 0.4) is 0 Å². The van der Waals surface area contributed by atoms with E-state index in [1.807, 2.05) is 9.03 Å². The average Bonchev–Trinajstić information content (AvgIpc) is 1.93. The number of nitrogens with zero attached hydrogens (tertiary/aromatic N) is 5. The highest BCUT2D eigenvalue weighted by atomic mass is 31.3. The number of hydrogen-bond donors (Lipinski definition) is 0. The summed E-state index contributed by atoms with van der Waals surface area (Å²) in [7, 11) is -24.0. The summed E-state index contributed by atoms with van der Waals surface area (Å²) in [6.45, 7) is 0. The van der Waals surface area contributed by atoms with Gasteiger partial charge in [0.1, 0.15) is 0 Å². The molecule has 5 nitrogen and oxygen atoms in total. The molecule has 17 heavy (non-hydrogen) atoms. The molecule has 0 aliphatic carbocycles. The normalized spacial score (nSPS) is 39.1. The molecule has 102 valence electrons. The van der Waals surface area contributed by atoms with Crippen LogP contribution in [0, 0.1) is 0 Å². The second kappa shape index (κ2) is 5.75. The fourth-order valence-electron chi connectivity index (χ4n) is 0.590. The van der Waals surface area contributed by atoms with Crippen molar-refractivity contribution >= 4 is 40.2 Å². The highest BCUT2D eigenvalue weighted by molar-refractivity contribution is 7.72. The van der Waals surface area contributed by atoms with Gasteiger partial charge in [0.05, 0.1) is 0 Å². The molecule has 0 saturated heterocycles. The Kier molecular flexibility index (Phi) is 5.31. The van der Waals surface area contributed by atoms with Crippen molar-refractivity contribution in [1.29, 1.82) is 0 Å². The van der Waals surface area contributed by atoms with E-state index < -0.39 is 40.2 Å². The molecular weight excluding hydrogens is 358 g/mol. The second-order valence-corrected chi connectivity index (χ2v) is 9.77. The largest absolute Gasteiger partial charge is 0.423 e. The van der Waals surface area contributed by atoms with Gasteiger partial charge in [-0.1, -0.05) is 0 Å². The molecule has 1 aliphatic rings. The molecule has 0 aromatic heterocycles. The van der Waals surface area contributed by atoms with Gasteiger partial charge in [-0.25, -0.2) is 0 Å².